The van der Waals surface area contributed by atoms with Crippen molar-refractivity contribution in [3.8, 4) is 0 Å². The highest BCUT2D eigenvalue weighted by Gasteiger charge is 2.21. The zero-order valence-electron chi connectivity index (χ0n) is 9.53. The Kier molecular flexibility index (Phi) is 6.20. The van der Waals surface area contributed by atoms with Crippen LogP contribution < -0.4 is 5.32 Å². The molecule has 5 heteroatoms. The zero-order valence-corrected chi connectivity index (χ0v) is 11.1. The SMILES string of the molecule is Cl.FC[C@@H](c1ccc(Cl)cc1)N1CCNCC1. The van der Waals surface area contributed by atoms with Gasteiger partial charge in [-0.2, -0.15) is 0 Å². The Morgan fingerprint density at radius 3 is 2.35 bits per heavy atom. The van der Waals surface area contributed by atoms with E-state index in [1.165, 1.54) is 0 Å². The van der Waals surface area contributed by atoms with Gasteiger partial charge in [0, 0.05) is 31.2 Å². The summed E-state index contributed by atoms with van der Waals surface area (Å²) in [5.74, 6) is 0. The predicted molar refractivity (Wildman–Crippen MR) is 71.9 cm³/mol. The van der Waals surface area contributed by atoms with Crippen molar-refractivity contribution in [3.63, 3.8) is 0 Å². The van der Waals surface area contributed by atoms with E-state index in [0.29, 0.717) is 5.02 Å². The number of rotatable bonds is 3. The fourth-order valence-corrected chi connectivity index (χ4v) is 2.20. The molecule has 1 aliphatic rings. The topological polar surface area (TPSA) is 15.3 Å². The summed E-state index contributed by atoms with van der Waals surface area (Å²) in [6, 6.07) is 7.34. The Balaban J connectivity index is 0.00000144. The van der Waals surface area contributed by atoms with Gasteiger partial charge in [-0.15, -0.1) is 12.4 Å². The summed E-state index contributed by atoms with van der Waals surface area (Å²) in [7, 11) is 0. The summed E-state index contributed by atoms with van der Waals surface area (Å²) in [6.07, 6.45) is 0. The van der Waals surface area contributed by atoms with E-state index in [2.05, 4.69) is 10.2 Å². The van der Waals surface area contributed by atoms with E-state index in [-0.39, 0.29) is 25.1 Å². The lowest BCUT2D eigenvalue weighted by molar-refractivity contribution is 0.147. The summed E-state index contributed by atoms with van der Waals surface area (Å²) in [5, 5.41) is 3.97. The van der Waals surface area contributed by atoms with E-state index in [9.17, 15) is 4.39 Å². The minimum Gasteiger partial charge on any atom is -0.314 e. The second-order valence-corrected chi connectivity index (χ2v) is 4.44. The third-order valence-electron chi connectivity index (χ3n) is 2.99. The molecule has 1 aromatic rings. The van der Waals surface area contributed by atoms with E-state index in [4.69, 9.17) is 11.6 Å². The molecule has 1 saturated heterocycles. The van der Waals surface area contributed by atoms with Crippen molar-refractivity contribution in [2.24, 2.45) is 0 Å². The Morgan fingerprint density at radius 2 is 1.82 bits per heavy atom. The molecule has 0 bridgehead atoms. The predicted octanol–water partition coefficient (Wildman–Crippen LogP) is 2.68. The summed E-state index contributed by atoms with van der Waals surface area (Å²) in [6.45, 7) is 3.32. The molecule has 0 aliphatic carbocycles. The van der Waals surface area contributed by atoms with Gasteiger partial charge in [0.15, 0.2) is 0 Å². The molecule has 1 fully saturated rings. The fourth-order valence-electron chi connectivity index (χ4n) is 2.08. The summed E-state index contributed by atoms with van der Waals surface area (Å²) < 4.78 is 13.1. The Hall–Kier alpha value is -0.350. The van der Waals surface area contributed by atoms with Crippen molar-refractivity contribution in [1.29, 1.82) is 0 Å². The molecular weight excluding hydrogens is 262 g/mol. The van der Waals surface area contributed by atoms with Crippen LogP contribution >= 0.6 is 24.0 Å². The molecule has 0 radical (unpaired) electrons. The maximum Gasteiger partial charge on any atom is 0.109 e. The zero-order chi connectivity index (χ0) is 11.4. The van der Waals surface area contributed by atoms with Gasteiger partial charge in [0.1, 0.15) is 6.67 Å². The van der Waals surface area contributed by atoms with Crippen LogP contribution in [0.4, 0.5) is 4.39 Å². The molecule has 1 aromatic carbocycles. The second kappa shape index (κ2) is 7.17. The van der Waals surface area contributed by atoms with Gasteiger partial charge in [0.05, 0.1) is 6.04 Å². The van der Waals surface area contributed by atoms with Gasteiger partial charge >= 0.3 is 0 Å². The largest absolute Gasteiger partial charge is 0.314 e. The van der Waals surface area contributed by atoms with Gasteiger partial charge in [-0.1, -0.05) is 23.7 Å². The van der Waals surface area contributed by atoms with E-state index in [0.717, 1.165) is 31.7 Å². The average molecular weight is 279 g/mol. The lowest BCUT2D eigenvalue weighted by atomic mass is 10.1. The molecule has 17 heavy (non-hydrogen) atoms. The third-order valence-corrected chi connectivity index (χ3v) is 3.25. The van der Waals surface area contributed by atoms with Gasteiger partial charge in [-0.05, 0) is 17.7 Å². The molecule has 0 spiro atoms. The van der Waals surface area contributed by atoms with Crippen LogP contribution in [0.3, 0.4) is 0 Å². The van der Waals surface area contributed by atoms with Crippen LogP contribution in [0.15, 0.2) is 24.3 Å². The molecular formula is C12H17Cl2FN2. The van der Waals surface area contributed by atoms with Gasteiger partial charge < -0.3 is 5.32 Å². The molecule has 1 aliphatic heterocycles. The smallest absolute Gasteiger partial charge is 0.109 e. The van der Waals surface area contributed by atoms with Gasteiger partial charge in [0.25, 0.3) is 0 Å². The monoisotopic (exact) mass is 278 g/mol. The number of halogens is 3. The summed E-state index contributed by atoms with van der Waals surface area (Å²) >= 11 is 5.83. The lowest BCUT2D eigenvalue weighted by Gasteiger charge is -2.33. The first-order valence-electron chi connectivity index (χ1n) is 5.57. The van der Waals surface area contributed by atoms with Crippen LogP contribution in [0, 0.1) is 0 Å². The molecule has 0 amide bonds. The van der Waals surface area contributed by atoms with Crippen LogP contribution in [0.2, 0.25) is 5.02 Å². The Bertz CT molecular complexity index is 326. The molecule has 0 unspecified atom stereocenters. The lowest BCUT2D eigenvalue weighted by Crippen LogP contribution is -2.45. The number of hydrogen-bond donors (Lipinski definition) is 1. The molecule has 1 N–H and O–H groups in total. The van der Waals surface area contributed by atoms with Gasteiger partial charge in [-0.25, -0.2) is 4.39 Å². The number of alkyl halides is 1. The van der Waals surface area contributed by atoms with Crippen LogP contribution in [0.1, 0.15) is 11.6 Å². The van der Waals surface area contributed by atoms with Crippen molar-refractivity contribution in [2.45, 2.75) is 6.04 Å². The molecule has 2 rings (SSSR count). The quantitative estimate of drug-likeness (QED) is 0.915. The van der Waals surface area contributed by atoms with Crippen LogP contribution in [0.5, 0.6) is 0 Å². The number of nitrogens with zero attached hydrogens (tertiary/aromatic N) is 1. The molecule has 96 valence electrons. The van der Waals surface area contributed by atoms with E-state index in [1.807, 2.05) is 24.3 Å². The van der Waals surface area contributed by atoms with E-state index >= 15 is 0 Å². The van der Waals surface area contributed by atoms with Crippen molar-refractivity contribution in [1.82, 2.24) is 10.2 Å². The van der Waals surface area contributed by atoms with Gasteiger partial charge in [-0.3, -0.25) is 4.90 Å². The first kappa shape index (κ1) is 14.7. The highest BCUT2D eigenvalue weighted by atomic mass is 35.5. The minimum atomic E-state index is -0.346. The normalized spacial score (nSPS) is 18.5. The number of hydrogen-bond acceptors (Lipinski definition) is 2. The van der Waals surface area contributed by atoms with Crippen molar-refractivity contribution in [3.05, 3.63) is 34.9 Å². The van der Waals surface area contributed by atoms with Crippen LogP contribution in [0.25, 0.3) is 0 Å². The number of benzene rings is 1. The molecule has 0 aromatic heterocycles. The van der Waals surface area contributed by atoms with Crippen molar-refractivity contribution in [2.75, 3.05) is 32.9 Å². The average Bonchev–Trinajstić information content (AvgIpc) is 2.34. The van der Waals surface area contributed by atoms with E-state index in [1.54, 1.807) is 0 Å². The molecule has 2 nitrogen and oxygen atoms in total. The van der Waals surface area contributed by atoms with Crippen LogP contribution in [-0.2, 0) is 0 Å². The van der Waals surface area contributed by atoms with E-state index < -0.39 is 0 Å². The first-order chi connectivity index (χ1) is 7.81. The van der Waals surface area contributed by atoms with Crippen molar-refractivity contribution < 1.29 is 4.39 Å². The highest BCUT2D eigenvalue weighted by Crippen LogP contribution is 2.23. The number of nitrogens with one attached hydrogen (secondary N) is 1. The first-order valence-corrected chi connectivity index (χ1v) is 5.95. The minimum absolute atomic E-state index is 0. The fraction of sp³-hybridized carbons (Fsp3) is 0.500. The maximum absolute atomic E-state index is 13.1. The van der Waals surface area contributed by atoms with Crippen LogP contribution in [-0.4, -0.2) is 37.8 Å². The van der Waals surface area contributed by atoms with Gasteiger partial charge in [0.2, 0.25) is 0 Å². The highest BCUT2D eigenvalue weighted by molar-refractivity contribution is 6.30. The third kappa shape index (κ3) is 3.81. The molecule has 1 atom stereocenters. The maximum atomic E-state index is 13.1. The Labute approximate surface area is 113 Å². The molecule has 1 heterocycles. The summed E-state index contributed by atoms with van der Waals surface area (Å²) in [4.78, 5) is 2.18. The standard InChI is InChI=1S/C12H16ClFN2.ClH/c13-11-3-1-10(2-4-11)12(9-14)16-7-5-15-6-8-16;/h1-4,12,15H,5-9H2;1H/t12-;/m0./s1. The second-order valence-electron chi connectivity index (χ2n) is 4.01. The molecule has 0 saturated carbocycles. The number of piperazine rings is 1. The summed E-state index contributed by atoms with van der Waals surface area (Å²) in [5.41, 5.74) is 1.01. The Morgan fingerprint density at radius 1 is 1.24 bits per heavy atom. The van der Waals surface area contributed by atoms with Crippen molar-refractivity contribution >= 4 is 24.0 Å².